The highest BCUT2D eigenvalue weighted by Crippen LogP contribution is 2.18. The van der Waals surface area contributed by atoms with Crippen LogP contribution in [0.4, 0.5) is 0 Å². The van der Waals surface area contributed by atoms with Crippen LogP contribution in [0.5, 0.6) is 0 Å². The number of benzene rings is 2. The summed E-state index contributed by atoms with van der Waals surface area (Å²) in [5.41, 5.74) is 3.75. The van der Waals surface area contributed by atoms with Crippen molar-refractivity contribution in [3.05, 3.63) is 70.8 Å². The first-order valence-electron chi connectivity index (χ1n) is 7.30. The number of ketones is 1. The normalized spacial score (nSPS) is 10.5. The third-order valence-electron chi connectivity index (χ3n) is 3.46. The SMILES string of the molecule is CC(C)c1ccc(C(=O)CSCc2cccc(C#N)c2)cc1. The van der Waals surface area contributed by atoms with Gasteiger partial charge < -0.3 is 0 Å². The molecule has 2 rings (SSSR count). The lowest BCUT2D eigenvalue weighted by atomic mass is 10.0. The molecule has 0 saturated heterocycles. The predicted molar refractivity (Wildman–Crippen MR) is 92.2 cm³/mol. The summed E-state index contributed by atoms with van der Waals surface area (Å²) < 4.78 is 0. The summed E-state index contributed by atoms with van der Waals surface area (Å²) in [6.07, 6.45) is 0. The topological polar surface area (TPSA) is 40.9 Å². The number of hydrogen-bond acceptors (Lipinski definition) is 3. The zero-order valence-corrected chi connectivity index (χ0v) is 13.7. The molecule has 0 saturated carbocycles. The van der Waals surface area contributed by atoms with Gasteiger partial charge in [0.1, 0.15) is 0 Å². The Morgan fingerprint density at radius 1 is 1.18 bits per heavy atom. The number of carbonyl (C=O) groups is 1. The van der Waals surface area contributed by atoms with Crippen LogP contribution in [0.1, 0.15) is 46.8 Å². The number of hydrogen-bond donors (Lipinski definition) is 0. The van der Waals surface area contributed by atoms with Crippen molar-refractivity contribution >= 4 is 17.5 Å². The molecule has 0 bridgehead atoms. The molecule has 3 heteroatoms. The Morgan fingerprint density at radius 3 is 2.55 bits per heavy atom. The van der Waals surface area contributed by atoms with Crippen molar-refractivity contribution in [1.29, 1.82) is 5.26 Å². The minimum Gasteiger partial charge on any atom is -0.293 e. The van der Waals surface area contributed by atoms with Gasteiger partial charge in [-0.15, -0.1) is 11.8 Å². The molecular weight excluding hydrogens is 290 g/mol. The highest BCUT2D eigenvalue weighted by atomic mass is 32.2. The molecule has 22 heavy (non-hydrogen) atoms. The third-order valence-corrected chi connectivity index (χ3v) is 4.46. The van der Waals surface area contributed by atoms with Crippen molar-refractivity contribution in [1.82, 2.24) is 0 Å². The van der Waals surface area contributed by atoms with Crippen molar-refractivity contribution in [2.75, 3.05) is 5.75 Å². The average molecular weight is 309 g/mol. The molecule has 0 heterocycles. The van der Waals surface area contributed by atoms with E-state index in [4.69, 9.17) is 5.26 Å². The van der Waals surface area contributed by atoms with Gasteiger partial charge in [-0.3, -0.25) is 4.79 Å². The summed E-state index contributed by atoms with van der Waals surface area (Å²) >= 11 is 1.58. The maximum absolute atomic E-state index is 12.2. The smallest absolute Gasteiger partial charge is 0.172 e. The first-order valence-corrected chi connectivity index (χ1v) is 8.45. The Hall–Kier alpha value is -2.05. The number of nitrogens with zero attached hydrogens (tertiary/aromatic N) is 1. The van der Waals surface area contributed by atoms with Crippen molar-refractivity contribution in [2.45, 2.75) is 25.5 Å². The number of nitriles is 1. The molecule has 0 aliphatic carbocycles. The molecule has 0 aliphatic rings. The van der Waals surface area contributed by atoms with Gasteiger partial charge in [-0.2, -0.15) is 5.26 Å². The fraction of sp³-hybridized carbons (Fsp3) is 0.263. The van der Waals surface area contributed by atoms with Crippen LogP contribution in [0.3, 0.4) is 0 Å². The fourth-order valence-corrected chi connectivity index (χ4v) is 3.00. The van der Waals surface area contributed by atoms with Gasteiger partial charge in [0.25, 0.3) is 0 Å². The van der Waals surface area contributed by atoms with Gasteiger partial charge in [-0.1, -0.05) is 50.2 Å². The van der Waals surface area contributed by atoms with Crippen LogP contribution < -0.4 is 0 Å². The van der Waals surface area contributed by atoms with E-state index in [1.807, 2.05) is 42.5 Å². The van der Waals surface area contributed by atoms with Crippen LogP contribution in [0.15, 0.2) is 48.5 Å². The average Bonchev–Trinajstić information content (AvgIpc) is 2.55. The van der Waals surface area contributed by atoms with E-state index >= 15 is 0 Å². The van der Waals surface area contributed by atoms with Crippen molar-refractivity contribution < 1.29 is 4.79 Å². The first kappa shape index (κ1) is 16.3. The van der Waals surface area contributed by atoms with Crippen LogP contribution in [0, 0.1) is 11.3 Å². The molecule has 0 amide bonds. The van der Waals surface area contributed by atoms with Gasteiger partial charge in [0.05, 0.1) is 17.4 Å². The zero-order valence-electron chi connectivity index (χ0n) is 12.9. The number of Topliss-reactive ketones (excluding diaryl/α,β-unsaturated/α-hetero) is 1. The Morgan fingerprint density at radius 2 is 1.91 bits per heavy atom. The summed E-state index contributed by atoms with van der Waals surface area (Å²) in [6, 6.07) is 17.5. The second-order valence-electron chi connectivity index (χ2n) is 5.50. The molecule has 0 aromatic heterocycles. The Labute approximate surface area is 136 Å². The molecule has 2 aromatic rings. The van der Waals surface area contributed by atoms with Crippen LogP contribution >= 0.6 is 11.8 Å². The standard InChI is InChI=1S/C19H19NOS/c1-14(2)17-6-8-18(9-7-17)19(21)13-22-12-16-5-3-4-15(10-16)11-20/h3-10,14H,12-13H2,1-2H3. The molecule has 0 N–H and O–H groups in total. The van der Waals surface area contributed by atoms with Gasteiger partial charge >= 0.3 is 0 Å². The monoisotopic (exact) mass is 309 g/mol. The molecule has 112 valence electrons. The lowest BCUT2D eigenvalue weighted by Gasteiger charge is -2.06. The number of rotatable bonds is 6. The van der Waals surface area contributed by atoms with Crippen LogP contribution in [-0.2, 0) is 5.75 Å². The van der Waals surface area contributed by atoms with E-state index in [2.05, 4.69) is 19.9 Å². The van der Waals surface area contributed by atoms with E-state index in [1.165, 1.54) is 5.56 Å². The lowest BCUT2D eigenvalue weighted by molar-refractivity contribution is 0.102. The van der Waals surface area contributed by atoms with E-state index < -0.39 is 0 Å². The molecule has 2 nitrogen and oxygen atoms in total. The van der Waals surface area contributed by atoms with Gasteiger partial charge in [-0.25, -0.2) is 0 Å². The van der Waals surface area contributed by atoms with Crippen molar-refractivity contribution in [3.8, 4) is 6.07 Å². The lowest BCUT2D eigenvalue weighted by Crippen LogP contribution is -2.03. The van der Waals surface area contributed by atoms with Crippen LogP contribution in [0.25, 0.3) is 0 Å². The minimum atomic E-state index is 0.150. The number of carbonyl (C=O) groups excluding carboxylic acids is 1. The largest absolute Gasteiger partial charge is 0.293 e. The second-order valence-corrected chi connectivity index (χ2v) is 6.49. The van der Waals surface area contributed by atoms with Crippen LogP contribution in [0.2, 0.25) is 0 Å². The Balaban J connectivity index is 1.88. The van der Waals surface area contributed by atoms with Crippen molar-refractivity contribution in [3.63, 3.8) is 0 Å². The van der Waals surface area contributed by atoms with Gasteiger partial charge in [-0.05, 0) is 29.2 Å². The summed E-state index contributed by atoms with van der Waals surface area (Å²) in [5, 5.41) is 8.87. The van der Waals surface area contributed by atoms with Gasteiger partial charge in [0.15, 0.2) is 5.78 Å². The molecule has 0 radical (unpaired) electrons. The highest BCUT2D eigenvalue weighted by molar-refractivity contribution is 7.99. The second kappa shape index (κ2) is 7.82. The zero-order chi connectivity index (χ0) is 15.9. The molecule has 0 unspecified atom stereocenters. The van der Waals surface area contributed by atoms with Gasteiger partial charge in [0, 0.05) is 11.3 Å². The fourth-order valence-electron chi connectivity index (χ4n) is 2.13. The summed E-state index contributed by atoms with van der Waals surface area (Å²) in [4.78, 5) is 12.2. The van der Waals surface area contributed by atoms with E-state index in [-0.39, 0.29) is 5.78 Å². The Kier molecular flexibility index (Phi) is 5.80. The molecule has 2 aromatic carbocycles. The van der Waals surface area contributed by atoms with Crippen LogP contribution in [-0.4, -0.2) is 11.5 Å². The third kappa shape index (κ3) is 4.47. The van der Waals surface area contributed by atoms with E-state index in [9.17, 15) is 4.79 Å². The van der Waals surface area contributed by atoms with E-state index in [1.54, 1.807) is 17.8 Å². The number of thioether (sulfide) groups is 1. The quantitative estimate of drug-likeness (QED) is 0.720. The van der Waals surface area contributed by atoms with E-state index in [0.717, 1.165) is 16.9 Å². The minimum absolute atomic E-state index is 0.150. The molecule has 0 spiro atoms. The molecular formula is C19H19NOS. The summed E-state index contributed by atoms with van der Waals surface area (Å²) in [7, 11) is 0. The Bertz CT molecular complexity index is 683. The first-order chi connectivity index (χ1) is 10.6. The molecule has 0 aliphatic heterocycles. The maximum Gasteiger partial charge on any atom is 0.172 e. The summed E-state index contributed by atoms with van der Waals surface area (Å²) in [6.45, 7) is 4.28. The molecule has 0 fully saturated rings. The predicted octanol–water partition coefficient (Wildman–Crippen LogP) is 4.80. The summed E-state index contributed by atoms with van der Waals surface area (Å²) in [5.74, 6) is 1.83. The van der Waals surface area contributed by atoms with E-state index in [0.29, 0.717) is 17.2 Å². The van der Waals surface area contributed by atoms with Gasteiger partial charge in [0.2, 0.25) is 0 Å². The van der Waals surface area contributed by atoms with Crippen molar-refractivity contribution in [2.24, 2.45) is 0 Å². The maximum atomic E-state index is 12.2. The molecule has 0 atom stereocenters. The highest BCUT2D eigenvalue weighted by Gasteiger charge is 2.07.